The highest BCUT2D eigenvalue weighted by Gasteiger charge is 2.48. The second-order valence-electron chi connectivity index (χ2n) is 4.89. The van der Waals surface area contributed by atoms with Crippen LogP contribution >= 0.6 is 0 Å². The van der Waals surface area contributed by atoms with Crippen molar-refractivity contribution in [2.24, 2.45) is 0 Å². The van der Waals surface area contributed by atoms with Crippen LogP contribution in [0.1, 0.15) is 25.8 Å². The molecule has 0 N–H and O–H groups in total. The summed E-state index contributed by atoms with van der Waals surface area (Å²) in [6, 6.07) is 0. The van der Waals surface area contributed by atoms with Gasteiger partial charge in [-0.3, -0.25) is 9.59 Å². The SMILES string of the molecule is CC(=O)O[C@@H]1[C@H]2OCc3cnnn3[C@@H]2OC[C@H]1OC(C)=O. The third-order valence-corrected chi connectivity index (χ3v) is 3.34. The number of fused-ring (bicyclic) bond motifs is 3. The fourth-order valence-corrected chi connectivity index (χ4v) is 2.56. The van der Waals surface area contributed by atoms with E-state index >= 15 is 0 Å². The van der Waals surface area contributed by atoms with E-state index in [1.165, 1.54) is 13.8 Å². The molecule has 0 unspecified atom stereocenters. The number of esters is 2. The summed E-state index contributed by atoms with van der Waals surface area (Å²) in [5.41, 5.74) is 0.767. The van der Waals surface area contributed by atoms with Crippen molar-refractivity contribution in [2.75, 3.05) is 6.61 Å². The molecule has 0 amide bonds. The minimum atomic E-state index is -0.748. The van der Waals surface area contributed by atoms with Crippen molar-refractivity contribution in [3.63, 3.8) is 0 Å². The third-order valence-electron chi connectivity index (χ3n) is 3.34. The van der Waals surface area contributed by atoms with Gasteiger partial charge in [0, 0.05) is 13.8 Å². The van der Waals surface area contributed by atoms with E-state index in [0.29, 0.717) is 0 Å². The first kappa shape index (κ1) is 14.0. The summed E-state index contributed by atoms with van der Waals surface area (Å²) in [6.07, 6.45) is -1.05. The number of carbonyl (C=O) groups excluding carboxylic acids is 2. The Bertz CT molecular complexity index is 559. The van der Waals surface area contributed by atoms with Crippen molar-refractivity contribution < 1.29 is 28.5 Å². The number of carbonyl (C=O) groups is 2. The van der Waals surface area contributed by atoms with Gasteiger partial charge in [0.1, 0.15) is 6.10 Å². The predicted molar refractivity (Wildman–Crippen MR) is 64.7 cm³/mol. The van der Waals surface area contributed by atoms with Crippen LogP contribution in [0.5, 0.6) is 0 Å². The molecular weight excluding hydrogens is 282 g/mol. The van der Waals surface area contributed by atoms with E-state index in [2.05, 4.69) is 10.3 Å². The first-order valence-corrected chi connectivity index (χ1v) is 6.53. The average Bonchev–Trinajstić information content (AvgIpc) is 2.88. The van der Waals surface area contributed by atoms with E-state index in [9.17, 15) is 9.59 Å². The maximum atomic E-state index is 11.3. The molecule has 0 aliphatic carbocycles. The van der Waals surface area contributed by atoms with Gasteiger partial charge in [-0.15, -0.1) is 5.10 Å². The Hall–Kier alpha value is -2.00. The Kier molecular flexibility index (Phi) is 3.60. The monoisotopic (exact) mass is 297 g/mol. The minimum absolute atomic E-state index is 0.0847. The van der Waals surface area contributed by atoms with Crippen molar-refractivity contribution in [3.05, 3.63) is 11.9 Å². The number of nitrogens with zero attached hydrogens (tertiary/aromatic N) is 3. The molecule has 3 heterocycles. The molecule has 3 rings (SSSR count). The lowest BCUT2D eigenvalue weighted by Crippen LogP contribution is -2.56. The van der Waals surface area contributed by atoms with E-state index in [1.807, 2.05) is 0 Å². The quantitative estimate of drug-likeness (QED) is 0.678. The molecule has 1 aromatic rings. The van der Waals surface area contributed by atoms with E-state index < -0.39 is 36.5 Å². The summed E-state index contributed by atoms with van der Waals surface area (Å²) in [5, 5.41) is 7.76. The van der Waals surface area contributed by atoms with Crippen molar-refractivity contribution >= 4 is 11.9 Å². The Morgan fingerprint density at radius 2 is 2.05 bits per heavy atom. The van der Waals surface area contributed by atoms with Gasteiger partial charge >= 0.3 is 11.9 Å². The molecule has 0 bridgehead atoms. The molecule has 2 aliphatic heterocycles. The first-order chi connectivity index (χ1) is 10.1. The highest BCUT2D eigenvalue weighted by atomic mass is 16.6. The van der Waals surface area contributed by atoms with Crippen molar-refractivity contribution in [3.8, 4) is 0 Å². The van der Waals surface area contributed by atoms with Gasteiger partial charge < -0.3 is 18.9 Å². The molecular formula is C12H15N3O6. The van der Waals surface area contributed by atoms with Gasteiger partial charge in [-0.2, -0.15) is 0 Å². The van der Waals surface area contributed by atoms with Crippen molar-refractivity contribution in [2.45, 2.75) is 45.0 Å². The van der Waals surface area contributed by atoms with Gasteiger partial charge in [-0.1, -0.05) is 5.21 Å². The van der Waals surface area contributed by atoms with Gasteiger partial charge in [-0.05, 0) is 0 Å². The molecule has 4 atom stereocenters. The number of ether oxygens (including phenoxy) is 4. The van der Waals surface area contributed by atoms with Gasteiger partial charge in [0.15, 0.2) is 18.4 Å². The van der Waals surface area contributed by atoms with E-state index in [0.717, 1.165) is 5.69 Å². The second kappa shape index (κ2) is 5.41. The molecule has 1 fully saturated rings. The second-order valence-corrected chi connectivity index (χ2v) is 4.89. The molecule has 9 nitrogen and oxygen atoms in total. The normalized spacial score (nSPS) is 31.0. The number of aromatic nitrogens is 3. The lowest BCUT2D eigenvalue weighted by atomic mass is 10.0. The molecule has 0 radical (unpaired) electrons. The fourth-order valence-electron chi connectivity index (χ4n) is 2.56. The molecule has 0 saturated carbocycles. The number of hydrogen-bond acceptors (Lipinski definition) is 8. The predicted octanol–water partition coefficient (Wildman–Crippen LogP) is -0.431. The molecule has 9 heteroatoms. The Morgan fingerprint density at radius 3 is 2.76 bits per heavy atom. The molecule has 0 spiro atoms. The lowest BCUT2D eigenvalue weighted by molar-refractivity contribution is -0.257. The number of hydrogen-bond donors (Lipinski definition) is 0. The lowest BCUT2D eigenvalue weighted by Gasteiger charge is -2.42. The summed E-state index contributed by atoms with van der Waals surface area (Å²) in [6.45, 7) is 2.93. The largest absolute Gasteiger partial charge is 0.456 e. The van der Waals surface area contributed by atoms with Gasteiger partial charge in [0.05, 0.1) is 25.1 Å². The average molecular weight is 297 g/mol. The Labute approximate surface area is 120 Å². The van der Waals surface area contributed by atoms with Crippen LogP contribution in [0.15, 0.2) is 6.20 Å². The molecule has 1 saturated heterocycles. The topological polar surface area (TPSA) is 102 Å². The van der Waals surface area contributed by atoms with Crippen molar-refractivity contribution in [1.82, 2.24) is 15.0 Å². The maximum absolute atomic E-state index is 11.3. The van der Waals surface area contributed by atoms with Crippen LogP contribution in [0.3, 0.4) is 0 Å². The first-order valence-electron chi connectivity index (χ1n) is 6.53. The summed E-state index contributed by atoms with van der Waals surface area (Å²) >= 11 is 0. The van der Waals surface area contributed by atoms with Crippen LogP contribution in [0.4, 0.5) is 0 Å². The zero-order chi connectivity index (χ0) is 15.0. The molecule has 114 valence electrons. The number of rotatable bonds is 2. The molecule has 0 aromatic carbocycles. The summed E-state index contributed by atoms with van der Waals surface area (Å²) in [4.78, 5) is 22.5. The molecule has 21 heavy (non-hydrogen) atoms. The van der Waals surface area contributed by atoms with Gasteiger partial charge in [0.25, 0.3) is 0 Å². The van der Waals surface area contributed by atoms with Crippen LogP contribution in [0.25, 0.3) is 0 Å². The molecule has 2 aliphatic rings. The fraction of sp³-hybridized carbons (Fsp3) is 0.667. The minimum Gasteiger partial charge on any atom is -0.456 e. The van der Waals surface area contributed by atoms with Crippen molar-refractivity contribution in [1.29, 1.82) is 0 Å². The van der Waals surface area contributed by atoms with Crippen LogP contribution in [0.2, 0.25) is 0 Å². The van der Waals surface area contributed by atoms with Crippen LogP contribution in [-0.4, -0.2) is 51.9 Å². The van der Waals surface area contributed by atoms with E-state index in [1.54, 1.807) is 10.9 Å². The smallest absolute Gasteiger partial charge is 0.303 e. The zero-order valence-corrected chi connectivity index (χ0v) is 11.6. The summed E-state index contributed by atoms with van der Waals surface area (Å²) < 4.78 is 23.4. The highest BCUT2D eigenvalue weighted by molar-refractivity contribution is 5.67. The zero-order valence-electron chi connectivity index (χ0n) is 11.6. The maximum Gasteiger partial charge on any atom is 0.303 e. The molecule has 1 aromatic heterocycles. The van der Waals surface area contributed by atoms with Gasteiger partial charge in [-0.25, -0.2) is 4.68 Å². The van der Waals surface area contributed by atoms with E-state index in [-0.39, 0.29) is 13.2 Å². The third kappa shape index (κ3) is 2.61. The van der Waals surface area contributed by atoms with Crippen LogP contribution in [-0.2, 0) is 35.1 Å². The Morgan fingerprint density at radius 1 is 1.29 bits per heavy atom. The van der Waals surface area contributed by atoms with Gasteiger partial charge in [0.2, 0.25) is 0 Å². The summed E-state index contributed by atoms with van der Waals surface area (Å²) in [7, 11) is 0. The van der Waals surface area contributed by atoms with E-state index in [4.69, 9.17) is 18.9 Å². The van der Waals surface area contributed by atoms with Crippen LogP contribution in [0, 0.1) is 0 Å². The Balaban J connectivity index is 1.86. The van der Waals surface area contributed by atoms with Crippen LogP contribution < -0.4 is 0 Å². The highest BCUT2D eigenvalue weighted by Crippen LogP contribution is 2.34. The standard InChI is InChI=1S/C12H15N3O6/c1-6(16)20-9-5-19-12-11(10(9)21-7(2)17)18-4-8-3-13-14-15(8)12/h3,9-12H,4-5H2,1-2H3/t9-,10+,11-,12-/m1/s1. The summed E-state index contributed by atoms with van der Waals surface area (Å²) in [5.74, 6) is -0.956.